The van der Waals surface area contributed by atoms with Crippen molar-refractivity contribution in [2.24, 2.45) is 0 Å². The SMILES string of the molecule is C=CCOC(=O)c1c(Cl)cc(OCCCBr)cc1Cl. The van der Waals surface area contributed by atoms with Gasteiger partial charge in [-0.05, 0) is 18.6 Å². The lowest BCUT2D eigenvalue weighted by molar-refractivity contribution is 0.0550. The van der Waals surface area contributed by atoms with Crippen LogP contribution in [-0.4, -0.2) is 24.5 Å². The highest BCUT2D eigenvalue weighted by Gasteiger charge is 2.17. The zero-order valence-electron chi connectivity index (χ0n) is 10.1. The van der Waals surface area contributed by atoms with Gasteiger partial charge in [-0.1, -0.05) is 51.8 Å². The molecule has 0 saturated carbocycles. The fourth-order valence-electron chi connectivity index (χ4n) is 1.28. The number of rotatable bonds is 7. The van der Waals surface area contributed by atoms with Crippen LogP contribution < -0.4 is 4.74 Å². The molecule has 0 N–H and O–H groups in total. The van der Waals surface area contributed by atoms with E-state index in [1.165, 1.54) is 6.08 Å². The Morgan fingerprint density at radius 1 is 1.37 bits per heavy atom. The average molecular weight is 368 g/mol. The normalized spacial score (nSPS) is 10.1. The third-order valence-corrected chi connectivity index (χ3v) is 3.26. The first-order valence-electron chi connectivity index (χ1n) is 5.56. The van der Waals surface area contributed by atoms with Crippen LogP contribution in [0.15, 0.2) is 24.8 Å². The fraction of sp³-hybridized carbons (Fsp3) is 0.308. The van der Waals surface area contributed by atoms with E-state index in [0.29, 0.717) is 12.4 Å². The molecule has 0 bridgehead atoms. The summed E-state index contributed by atoms with van der Waals surface area (Å²) in [5.74, 6) is -0.0573. The summed E-state index contributed by atoms with van der Waals surface area (Å²) in [6.07, 6.45) is 2.33. The predicted molar refractivity (Wildman–Crippen MR) is 80.8 cm³/mol. The van der Waals surface area contributed by atoms with Gasteiger partial charge in [0.05, 0.1) is 22.2 Å². The zero-order chi connectivity index (χ0) is 14.3. The quantitative estimate of drug-likeness (QED) is 0.308. The summed E-state index contributed by atoms with van der Waals surface area (Å²) in [5.41, 5.74) is 0.137. The molecule has 0 aliphatic heterocycles. The second kappa shape index (κ2) is 8.46. The third-order valence-electron chi connectivity index (χ3n) is 2.10. The molecule has 1 rings (SSSR count). The van der Waals surface area contributed by atoms with Gasteiger partial charge >= 0.3 is 5.97 Å². The van der Waals surface area contributed by atoms with E-state index in [0.717, 1.165) is 11.8 Å². The van der Waals surface area contributed by atoms with Crippen LogP contribution in [0.2, 0.25) is 10.0 Å². The Balaban J connectivity index is 2.84. The number of halogens is 3. The molecule has 0 radical (unpaired) electrons. The molecular weight excluding hydrogens is 355 g/mol. The van der Waals surface area contributed by atoms with Crippen LogP contribution >= 0.6 is 39.1 Å². The molecular formula is C13H13BrCl2O3. The van der Waals surface area contributed by atoms with Crippen LogP contribution in [0.3, 0.4) is 0 Å². The van der Waals surface area contributed by atoms with Crippen molar-refractivity contribution in [2.75, 3.05) is 18.5 Å². The molecule has 3 nitrogen and oxygen atoms in total. The lowest BCUT2D eigenvalue weighted by Gasteiger charge is -2.10. The lowest BCUT2D eigenvalue weighted by atomic mass is 10.2. The standard InChI is InChI=1S/C13H13BrCl2O3/c1-2-5-19-13(17)12-10(15)7-9(8-11(12)16)18-6-3-4-14/h2,7-8H,1,3-6H2. The first-order valence-corrected chi connectivity index (χ1v) is 7.43. The van der Waals surface area contributed by atoms with Crippen molar-refractivity contribution in [3.8, 4) is 5.75 Å². The Bertz CT molecular complexity index is 440. The number of benzene rings is 1. The molecule has 1 aromatic carbocycles. The van der Waals surface area contributed by atoms with Crippen LogP contribution in [0.25, 0.3) is 0 Å². The van der Waals surface area contributed by atoms with Crippen LogP contribution in [0.5, 0.6) is 5.75 Å². The topological polar surface area (TPSA) is 35.5 Å². The van der Waals surface area contributed by atoms with Crippen molar-refractivity contribution < 1.29 is 14.3 Å². The number of carbonyl (C=O) groups excluding carboxylic acids is 1. The van der Waals surface area contributed by atoms with Gasteiger partial charge in [0.15, 0.2) is 0 Å². The Morgan fingerprint density at radius 3 is 2.53 bits per heavy atom. The summed E-state index contributed by atoms with van der Waals surface area (Å²) >= 11 is 15.3. The minimum Gasteiger partial charge on any atom is -0.493 e. The number of ether oxygens (including phenoxy) is 2. The molecule has 6 heteroatoms. The number of carbonyl (C=O) groups is 1. The highest BCUT2D eigenvalue weighted by Crippen LogP contribution is 2.31. The molecule has 0 atom stereocenters. The van der Waals surface area contributed by atoms with Gasteiger partial charge in [-0.15, -0.1) is 0 Å². The van der Waals surface area contributed by atoms with E-state index in [4.69, 9.17) is 32.7 Å². The van der Waals surface area contributed by atoms with E-state index in [1.54, 1.807) is 12.1 Å². The maximum Gasteiger partial charge on any atom is 0.341 e. The van der Waals surface area contributed by atoms with Gasteiger partial charge < -0.3 is 9.47 Å². The first-order chi connectivity index (χ1) is 9.10. The van der Waals surface area contributed by atoms with E-state index in [-0.39, 0.29) is 22.2 Å². The third kappa shape index (κ3) is 5.05. The Labute approximate surface area is 130 Å². The molecule has 0 spiro atoms. The average Bonchev–Trinajstić information content (AvgIpc) is 2.36. The van der Waals surface area contributed by atoms with Crippen LogP contribution in [0.4, 0.5) is 0 Å². The number of hydrogen-bond donors (Lipinski definition) is 0. The van der Waals surface area contributed by atoms with Crippen molar-refractivity contribution in [3.63, 3.8) is 0 Å². The number of hydrogen-bond acceptors (Lipinski definition) is 3. The van der Waals surface area contributed by atoms with E-state index >= 15 is 0 Å². The summed E-state index contributed by atoms with van der Waals surface area (Å²) in [7, 11) is 0. The predicted octanol–water partition coefficient (Wildman–Crippen LogP) is 4.50. The van der Waals surface area contributed by atoms with Crippen molar-refractivity contribution in [1.29, 1.82) is 0 Å². The van der Waals surface area contributed by atoms with Crippen LogP contribution in [-0.2, 0) is 4.74 Å². The Hall–Kier alpha value is -0.710. The van der Waals surface area contributed by atoms with Crippen molar-refractivity contribution in [3.05, 3.63) is 40.4 Å². The second-order valence-electron chi connectivity index (χ2n) is 3.54. The van der Waals surface area contributed by atoms with Crippen LogP contribution in [0.1, 0.15) is 16.8 Å². The van der Waals surface area contributed by atoms with E-state index in [1.807, 2.05) is 0 Å². The van der Waals surface area contributed by atoms with Crippen LogP contribution in [0, 0.1) is 0 Å². The van der Waals surface area contributed by atoms with Crippen molar-refractivity contribution in [2.45, 2.75) is 6.42 Å². The first kappa shape index (κ1) is 16.3. The maximum atomic E-state index is 11.7. The molecule has 0 saturated heterocycles. The minimum absolute atomic E-state index is 0.106. The fourth-order valence-corrected chi connectivity index (χ4v) is 2.13. The smallest absolute Gasteiger partial charge is 0.341 e. The van der Waals surface area contributed by atoms with E-state index in [9.17, 15) is 4.79 Å². The highest BCUT2D eigenvalue weighted by molar-refractivity contribution is 9.09. The largest absolute Gasteiger partial charge is 0.493 e. The van der Waals surface area contributed by atoms with E-state index < -0.39 is 5.97 Å². The highest BCUT2D eigenvalue weighted by atomic mass is 79.9. The molecule has 1 aromatic rings. The molecule has 104 valence electrons. The van der Waals surface area contributed by atoms with E-state index in [2.05, 4.69) is 22.5 Å². The van der Waals surface area contributed by atoms with Gasteiger partial charge in [-0.3, -0.25) is 0 Å². The molecule has 0 aliphatic carbocycles. The monoisotopic (exact) mass is 366 g/mol. The molecule has 0 heterocycles. The van der Waals surface area contributed by atoms with Crippen molar-refractivity contribution in [1.82, 2.24) is 0 Å². The second-order valence-corrected chi connectivity index (χ2v) is 5.15. The molecule has 19 heavy (non-hydrogen) atoms. The van der Waals surface area contributed by atoms with Gasteiger partial charge in [0.25, 0.3) is 0 Å². The minimum atomic E-state index is -0.582. The molecule has 0 fully saturated rings. The van der Waals surface area contributed by atoms with Gasteiger partial charge in [0.2, 0.25) is 0 Å². The zero-order valence-corrected chi connectivity index (χ0v) is 13.2. The number of esters is 1. The summed E-state index contributed by atoms with van der Waals surface area (Å²) < 4.78 is 10.4. The molecule has 0 amide bonds. The van der Waals surface area contributed by atoms with Gasteiger partial charge in [-0.25, -0.2) is 4.79 Å². The Morgan fingerprint density at radius 2 is 2.00 bits per heavy atom. The summed E-state index contributed by atoms with van der Waals surface area (Å²) in [5, 5.41) is 1.26. The lowest BCUT2D eigenvalue weighted by Crippen LogP contribution is -2.07. The molecule has 0 unspecified atom stereocenters. The molecule has 0 aliphatic rings. The summed E-state index contributed by atoms with van der Waals surface area (Å²) in [4.78, 5) is 11.7. The summed E-state index contributed by atoms with van der Waals surface area (Å²) in [6, 6.07) is 3.10. The number of alkyl halides is 1. The Kier molecular flexibility index (Phi) is 7.28. The van der Waals surface area contributed by atoms with Gasteiger partial charge in [0.1, 0.15) is 12.4 Å². The van der Waals surface area contributed by atoms with Gasteiger partial charge in [-0.2, -0.15) is 0 Å². The summed E-state index contributed by atoms with van der Waals surface area (Å²) in [6.45, 7) is 4.11. The van der Waals surface area contributed by atoms with Crippen molar-refractivity contribution >= 4 is 45.1 Å². The van der Waals surface area contributed by atoms with Gasteiger partial charge in [0, 0.05) is 5.33 Å². The molecule has 0 aromatic heterocycles. The maximum absolute atomic E-state index is 11.7.